The molecule has 54 heavy (non-hydrogen) atoms. The van der Waals surface area contributed by atoms with E-state index < -0.39 is 48.9 Å². The van der Waals surface area contributed by atoms with Crippen LogP contribution in [0.3, 0.4) is 0 Å². The molecule has 0 aliphatic carbocycles. The Morgan fingerprint density at radius 1 is 0.537 bits per heavy atom. The third-order valence-corrected chi connectivity index (χ3v) is 10.7. The van der Waals surface area contributed by atoms with Crippen molar-refractivity contribution in [3.05, 3.63) is 0 Å². The maximum Gasteiger partial charge on any atom is 0.508 e. The summed E-state index contributed by atoms with van der Waals surface area (Å²) >= 11 is 0. The Bertz CT molecular complexity index is 877. The van der Waals surface area contributed by atoms with Gasteiger partial charge in [0, 0.05) is 19.6 Å². The van der Waals surface area contributed by atoms with Crippen molar-refractivity contribution >= 4 is 12.3 Å². The monoisotopic (exact) mass is 772 g/mol. The maximum atomic E-state index is 12.6. The van der Waals surface area contributed by atoms with Crippen molar-refractivity contribution < 1.29 is 48.2 Å². The predicted octanol–water partition coefficient (Wildman–Crippen LogP) is 9.66. The molecule has 318 valence electrons. The van der Waals surface area contributed by atoms with Gasteiger partial charge in [-0.15, -0.1) is 0 Å². The molecule has 2 aliphatic heterocycles. The van der Waals surface area contributed by atoms with Gasteiger partial charge in [-0.25, -0.2) is 9.59 Å². The van der Waals surface area contributed by atoms with Crippen LogP contribution in [0.25, 0.3) is 0 Å². The van der Waals surface area contributed by atoms with E-state index in [9.17, 15) is 19.8 Å². The number of rotatable bonds is 35. The lowest BCUT2D eigenvalue weighted by molar-refractivity contribution is -0.0425. The minimum atomic E-state index is -0.801. The van der Waals surface area contributed by atoms with E-state index in [1.165, 1.54) is 103 Å². The van der Waals surface area contributed by atoms with Crippen molar-refractivity contribution in [3.8, 4) is 0 Å². The van der Waals surface area contributed by atoms with Crippen LogP contribution in [-0.4, -0.2) is 110 Å². The first-order chi connectivity index (χ1) is 26.4. The summed E-state index contributed by atoms with van der Waals surface area (Å²) in [5.41, 5.74) is 0. The highest BCUT2D eigenvalue weighted by molar-refractivity contribution is 5.61. The smallest absolute Gasteiger partial charge is 0.434 e. The van der Waals surface area contributed by atoms with E-state index in [1.807, 2.05) is 6.92 Å². The van der Waals surface area contributed by atoms with E-state index in [2.05, 4.69) is 18.7 Å². The number of aliphatic hydroxyl groups is 2. The number of unbranched alkanes of at least 4 members (excludes halogenated alkanes) is 19. The van der Waals surface area contributed by atoms with Gasteiger partial charge in [0.15, 0.2) is 12.2 Å². The van der Waals surface area contributed by atoms with Crippen molar-refractivity contribution in [1.82, 2.24) is 4.90 Å². The Balaban J connectivity index is 1.69. The van der Waals surface area contributed by atoms with E-state index in [0.717, 1.165) is 51.4 Å². The molecule has 0 amide bonds. The third-order valence-electron chi connectivity index (χ3n) is 10.7. The second-order valence-corrected chi connectivity index (χ2v) is 15.8. The van der Waals surface area contributed by atoms with Crippen LogP contribution in [0.5, 0.6) is 0 Å². The van der Waals surface area contributed by atoms with E-state index in [4.69, 9.17) is 28.4 Å². The normalized spacial score (nSPS) is 20.6. The molecule has 2 heterocycles. The van der Waals surface area contributed by atoms with Gasteiger partial charge >= 0.3 is 12.3 Å². The van der Waals surface area contributed by atoms with Crippen LogP contribution < -0.4 is 0 Å². The maximum absolute atomic E-state index is 12.6. The topological polar surface area (TPSA) is 133 Å². The fraction of sp³-hybridized carbons (Fsp3) is 0.953. The lowest BCUT2D eigenvalue weighted by Crippen LogP contribution is -2.39. The number of aliphatic hydroxyl groups excluding tert-OH is 2. The van der Waals surface area contributed by atoms with Crippen LogP contribution in [0.1, 0.15) is 181 Å². The Kier molecular flexibility index (Phi) is 29.1. The van der Waals surface area contributed by atoms with Crippen molar-refractivity contribution in [1.29, 1.82) is 0 Å². The number of fused-ring (bicyclic) bond motifs is 1. The van der Waals surface area contributed by atoms with Crippen LogP contribution in [-0.2, 0) is 28.4 Å². The summed E-state index contributed by atoms with van der Waals surface area (Å²) in [5, 5.41) is 21.9. The summed E-state index contributed by atoms with van der Waals surface area (Å²) < 4.78 is 32.9. The fourth-order valence-electron chi connectivity index (χ4n) is 7.46. The minimum absolute atomic E-state index is 0.122. The first-order valence-electron chi connectivity index (χ1n) is 22.4. The number of hydrogen-bond acceptors (Lipinski definition) is 11. The second-order valence-electron chi connectivity index (χ2n) is 15.8. The molecule has 2 rings (SSSR count). The molecular weight excluding hydrogens is 690 g/mol. The van der Waals surface area contributed by atoms with Crippen LogP contribution in [0, 0.1) is 0 Å². The van der Waals surface area contributed by atoms with Gasteiger partial charge in [-0.1, -0.05) is 156 Å². The highest BCUT2D eigenvalue weighted by Gasteiger charge is 2.51. The number of nitrogens with zero attached hydrogens (tertiary/aromatic N) is 1. The molecule has 0 aromatic carbocycles. The van der Waals surface area contributed by atoms with Crippen molar-refractivity contribution in [3.63, 3.8) is 0 Å². The molecule has 0 aromatic rings. The standard InChI is InChI=1S/C43H81NO10/c1-4-7-10-12-14-16-18-20-22-24-27-36(45)32-44(33-37(46)28-25-23-21-19-17-15-13-11-8-5-2)29-26-31-50-43(48)54-39-35-52-40-38(34-51-41(39)40)53-42(47)49-30-9-6-3/h36-41,45-46H,4-35H2,1-3H3. The lowest BCUT2D eigenvalue weighted by atomic mass is 10.0. The molecule has 6 unspecified atom stereocenters. The third kappa shape index (κ3) is 23.4. The molecule has 2 N–H and O–H groups in total. The van der Waals surface area contributed by atoms with Gasteiger partial charge in [0.2, 0.25) is 0 Å². The summed E-state index contributed by atoms with van der Waals surface area (Å²) in [4.78, 5) is 26.7. The molecular formula is C43H81NO10. The van der Waals surface area contributed by atoms with Crippen molar-refractivity contribution in [2.75, 3.05) is 46.1 Å². The van der Waals surface area contributed by atoms with E-state index in [1.54, 1.807) is 0 Å². The van der Waals surface area contributed by atoms with E-state index in [-0.39, 0.29) is 19.8 Å². The SMILES string of the molecule is CCCCCCCCCCCCC(O)CN(CCCOC(=O)OC1COC2C(OC(=O)OCCCC)COC12)CC(O)CCCCCCCCCCCC. The van der Waals surface area contributed by atoms with Gasteiger partial charge in [0.05, 0.1) is 38.6 Å². The van der Waals surface area contributed by atoms with E-state index in [0.29, 0.717) is 32.7 Å². The minimum Gasteiger partial charge on any atom is -0.434 e. The summed E-state index contributed by atoms with van der Waals surface area (Å²) in [6.07, 6.45) is 24.1. The molecule has 0 saturated carbocycles. The zero-order valence-corrected chi connectivity index (χ0v) is 34.7. The summed E-state index contributed by atoms with van der Waals surface area (Å²) in [7, 11) is 0. The Morgan fingerprint density at radius 3 is 1.28 bits per heavy atom. The Hall–Kier alpha value is -1.66. The number of hydrogen-bond donors (Lipinski definition) is 2. The summed E-state index contributed by atoms with van der Waals surface area (Å²) in [5.74, 6) is 0. The molecule has 2 fully saturated rings. The zero-order valence-electron chi connectivity index (χ0n) is 34.7. The first-order valence-corrected chi connectivity index (χ1v) is 22.4. The van der Waals surface area contributed by atoms with Gasteiger partial charge < -0.3 is 38.6 Å². The molecule has 0 spiro atoms. The van der Waals surface area contributed by atoms with E-state index >= 15 is 0 Å². The molecule has 11 heteroatoms. The van der Waals surface area contributed by atoms with Crippen molar-refractivity contribution in [2.45, 2.75) is 218 Å². The Morgan fingerprint density at radius 2 is 0.889 bits per heavy atom. The van der Waals surface area contributed by atoms with Crippen LogP contribution >= 0.6 is 0 Å². The van der Waals surface area contributed by atoms with Gasteiger partial charge in [0.25, 0.3) is 0 Å². The first kappa shape index (κ1) is 48.5. The molecule has 0 radical (unpaired) electrons. The Labute approximate surface area is 328 Å². The highest BCUT2D eigenvalue weighted by Crippen LogP contribution is 2.31. The zero-order chi connectivity index (χ0) is 39.1. The average Bonchev–Trinajstić information content (AvgIpc) is 3.74. The lowest BCUT2D eigenvalue weighted by Gasteiger charge is -2.27. The number of ether oxygens (including phenoxy) is 6. The van der Waals surface area contributed by atoms with Crippen LogP contribution in [0.15, 0.2) is 0 Å². The van der Waals surface area contributed by atoms with Crippen LogP contribution in [0.2, 0.25) is 0 Å². The quantitative estimate of drug-likeness (QED) is 0.0471. The van der Waals surface area contributed by atoms with Gasteiger partial charge in [-0.3, -0.25) is 4.90 Å². The largest absolute Gasteiger partial charge is 0.508 e. The highest BCUT2D eigenvalue weighted by atomic mass is 16.8. The molecule has 0 bridgehead atoms. The average molecular weight is 772 g/mol. The second kappa shape index (κ2) is 32.4. The van der Waals surface area contributed by atoms with Crippen LogP contribution in [0.4, 0.5) is 9.59 Å². The molecule has 2 aliphatic rings. The molecule has 11 nitrogen and oxygen atoms in total. The van der Waals surface area contributed by atoms with Gasteiger partial charge in [-0.2, -0.15) is 0 Å². The summed E-state index contributed by atoms with van der Waals surface area (Å²) in [6, 6.07) is 0. The summed E-state index contributed by atoms with van der Waals surface area (Å²) in [6.45, 7) is 8.79. The van der Waals surface area contributed by atoms with Gasteiger partial charge in [-0.05, 0) is 25.7 Å². The molecule has 0 aromatic heterocycles. The molecule has 2 saturated heterocycles. The number of carbonyl (C=O) groups is 2. The fourth-order valence-corrected chi connectivity index (χ4v) is 7.46. The van der Waals surface area contributed by atoms with Crippen molar-refractivity contribution in [2.24, 2.45) is 0 Å². The number of carbonyl (C=O) groups excluding carboxylic acids is 2. The van der Waals surface area contributed by atoms with Gasteiger partial charge in [0.1, 0.15) is 12.2 Å². The predicted molar refractivity (Wildman–Crippen MR) is 213 cm³/mol. The molecule has 6 atom stereocenters.